The molecule has 2 aromatic carbocycles. The molecule has 28 heavy (non-hydrogen) atoms. The molecule has 1 fully saturated rings. The molecule has 144 valence electrons. The summed E-state index contributed by atoms with van der Waals surface area (Å²) in [7, 11) is 1.64. The largest absolute Gasteiger partial charge is 0.497 e. The van der Waals surface area contributed by atoms with Gasteiger partial charge in [-0.25, -0.2) is 4.98 Å². The van der Waals surface area contributed by atoms with Gasteiger partial charge >= 0.3 is 0 Å². The van der Waals surface area contributed by atoms with Crippen LogP contribution in [0.25, 0.3) is 11.3 Å². The Balaban J connectivity index is 1.43. The lowest BCUT2D eigenvalue weighted by molar-refractivity contribution is 0.102. The first-order valence-corrected chi connectivity index (χ1v) is 9.95. The summed E-state index contributed by atoms with van der Waals surface area (Å²) in [5, 5.41) is 5.37. The van der Waals surface area contributed by atoms with Crippen LogP contribution in [0, 0.1) is 0 Å². The lowest BCUT2D eigenvalue weighted by atomic mass is 10.1. The van der Waals surface area contributed by atoms with Gasteiger partial charge in [0, 0.05) is 35.3 Å². The van der Waals surface area contributed by atoms with E-state index in [2.05, 4.69) is 15.2 Å². The van der Waals surface area contributed by atoms with Crippen LogP contribution < -0.4 is 15.0 Å². The van der Waals surface area contributed by atoms with Gasteiger partial charge in [0.15, 0.2) is 5.13 Å². The van der Waals surface area contributed by atoms with Crippen molar-refractivity contribution in [1.82, 2.24) is 4.98 Å². The lowest BCUT2D eigenvalue weighted by Crippen LogP contribution is -2.36. The molecule has 0 radical (unpaired) electrons. The molecule has 7 heteroatoms. The van der Waals surface area contributed by atoms with Gasteiger partial charge in [-0.05, 0) is 36.4 Å². The summed E-state index contributed by atoms with van der Waals surface area (Å²) < 4.78 is 10.6. The molecule has 0 aliphatic carbocycles. The number of aromatic nitrogens is 1. The SMILES string of the molecule is COc1cccc(-c2csc(NC(=O)c3ccc(N4CCOCC4)cc3)n2)c1. The predicted molar refractivity (Wildman–Crippen MR) is 112 cm³/mol. The number of hydrogen-bond donors (Lipinski definition) is 1. The third-order valence-electron chi connectivity index (χ3n) is 4.60. The van der Waals surface area contributed by atoms with Gasteiger partial charge in [-0.15, -0.1) is 11.3 Å². The minimum absolute atomic E-state index is 0.167. The summed E-state index contributed by atoms with van der Waals surface area (Å²) in [4.78, 5) is 19.3. The molecule has 3 aromatic rings. The summed E-state index contributed by atoms with van der Waals surface area (Å²) in [5.41, 5.74) is 3.47. The monoisotopic (exact) mass is 395 g/mol. The first-order chi connectivity index (χ1) is 13.7. The zero-order valence-corrected chi connectivity index (χ0v) is 16.4. The fourth-order valence-electron chi connectivity index (χ4n) is 3.06. The molecule has 1 N–H and O–H groups in total. The van der Waals surface area contributed by atoms with Crippen LogP contribution in [0.1, 0.15) is 10.4 Å². The van der Waals surface area contributed by atoms with Crippen LogP contribution in [-0.4, -0.2) is 44.3 Å². The van der Waals surface area contributed by atoms with Crippen molar-refractivity contribution in [2.75, 3.05) is 43.6 Å². The van der Waals surface area contributed by atoms with Crippen molar-refractivity contribution >= 4 is 28.1 Å². The van der Waals surface area contributed by atoms with Crippen LogP contribution in [0.3, 0.4) is 0 Å². The van der Waals surface area contributed by atoms with Crippen LogP contribution in [0.15, 0.2) is 53.9 Å². The Labute approximate surface area is 167 Å². The Morgan fingerprint density at radius 3 is 2.71 bits per heavy atom. The van der Waals surface area contributed by atoms with Crippen molar-refractivity contribution < 1.29 is 14.3 Å². The second-order valence-corrected chi connectivity index (χ2v) is 7.23. The molecule has 0 atom stereocenters. The van der Waals surface area contributed by atoms with E-state index < -0.39 is 0 Å². The van der Waals surface area contributed by atoms with Crippen LogP contribution in [0.4, 0.5) is 10.8 Å². The smallest absolute Gasteiger partial charge is 0.257 e. The van der Waals surface area contributed by atoms with E-state index in [9.17, 15) is 4.79 Å². The number of rotatable bonds is 5. The molecule has 4 rings (SSSR count). The van der Waals surface area contributed by atoms with Crippen molar-refractivity contribution in [2.45, 2.75) is 0 Å². The third-order valence-corrected chi connectivity index (χ3v) is 5.35. The average Bonchev–Trinajstić information content (AvgIpc) is 3.23. The van der Waals surface area contributed by atoms with E-state index in [0.717, 1.165) is 49.0 Å². The lowest BCUT2D eigenvalue weighted by Gasteiger charge is -2.28. The summed E-state index contributed by atoms with van der Waals surface area (Å²) >= 11 is 1.40. The summed E-state index contributed by atoms with van der Waals surface area (Å²) in [6, 6.07) is 15.3. The highest BCUT2D eigenvalue weighted by Crippen LogP contribution is 2.27. The molecule has 1 aromatic heterocycles. The van der Waals surface area contributed by atoms with Crippen molar-refractivity contribution in [3.8, 4) is 17.0 Å². The standard InChI is InChI=1S/C21H21N3O3S/c1-26-18-4-2-3-16(13-18)19-14-28-21(22-19)23-20(25)15-5-7-17(8-6-15)24-9-11-27-12-10-24/h2-8,13-14H,9-12H2,1H3,(H,22,23,25). The number of thiazole rings is 1. The number of anilines is 2. The van der Waals surface area contributed by atoms with Gasteiger partial charge in [0.25, 0.3) is 5.91 Å². The predicted octanol–water partition coefficient (Wildman–Crippen LogP) is 3.91. The maximum atomic E-state index is 12.5. The number of methoxy groups -OCH3 is 1. The zero-order valence-electron chi connectivity index (χ0n) is 15.6. The minimum atomic E-state index is -0.167. The van der Waals surface area contributed by atoms with E-state index in [1.165, 1.54) is 11.3 Å². The Hall–Kier alpha value is -2.90. The first-order valence-electron chi connectivity index (χ1n) is 9.07. The number of amides is 1. The number of carbonyl (C=O) groups excluding carboxylic acids is 1. The fraction of sp³-hybridized carbons (Fsp3) is 0.238. The van der Waals surface area contributed by atoms with Crippen molar-refractivity contribution in [1.29, 1.82) is 0 Å². The second-order valence-electron chi connectivity index (χ2n) is 6.37. The number of ether oxygens (including phenoxy) is 2. The van der Waals surface area contributed by atoms with E-state index in [-0.39, 0.29) is 5.91 Å². The summed E-state index contributed by atoms with van der Waals surface area (Å²) in [6.07, 6.45) is 0. The Morgan fingerprint density at radius 1 is 1.18 bits per heavy atom. The second kappa shape index (κ2) is 8.41. The minimum Gasteiger partial charge on any atom is -0.497 e. The third kappa shape index (κ3) is 4.16. The van der Waals surface area contributed by atoms with Crippen LogP contribution in [0.2, 0.25) is 0 Å². The Bertz CT molecular complexity index is 950. The highest BCUT2D eigenvalue weighted by Gasteiger charge is 2.13. The molecule has 1 aliphatic heterocycles. The molecular formula is C21H21N3O3S. The van der Waals surface area contributed by atoms with Gasteiger partial charge in [-0.1, -0.05) is 12.1 Å². The Kier molecular flexibility index (Phi) is 5.55. The molecular weight excluding hydrogens is 374 g/mol. The fourth-order valence-corrected chi connectivity index (χ4v) is 3.78. The van der Waals surface area contributed by atoms with Crippen molar-refractivity contribution in [2.24, 2.45) is 0 Å². The van der Waals surface area contributed by atoms with E-state index in [1.54, 1.807) is 7.11 Å². The molecule has 0 unspecified atom stereocenters. The van der Waals surface area contributed by atoms with Gasteiger partial charge in [-0.3, -0.25) is 10.1 Å². The quantitative estimate of drug-likeness (QED) is 0.710. The molecule has 2 heterocycles. The maximum absolute atomic E-state index is 12.5. The number of benzene rings is 2. The van der Waals surface area contributed by atoms with Gasteiger partial charge < -0.3 is 14.4 Å². The number of carbonyl (C=O) groups is 1. The van der Waals surface area contributed by atoms with Gasteiger partial charge in [0.05, 0.1) is 26.0 Å². The summed E-state index contributed by atoms with van der Waals surface area (Å²) in [5.74, 6) is 0.608. The average molecular weight is 395 g/mol. The highest BCUT2D eigenvalue weighted by atomic mass is 32.1. The molecule has 1 saturated heterocycles. The normalized spacial score (nSPS) is 14.0. The first kappa shape index (κ1) is 18.5. The van der Waals surface area contributed by atoms with Crippen LogP contribution in [0.5, 0.6) is 5.75 Å². The number of nitrogens with one attached hydrogen (secondary N) is 1. The number of nitrogens with zero attached hydrogens (tertiary/aromatic N) is 2. The molecule has 1 amide bonds. The van der Waals surface area contributed by atoms with Crippen molar-refractivity contribution in [3.63, 3.8) is 0 Å². The van der Waals surface area contributed by atoms with Crippen molar-refractivity contribution in [3.05, 3.63) is 59.5 Å². The Morgan fingerprint density at radius 2 is 1.96 bits per heavy atom. The number of morpholine rings is 1. The topological polar surface area (TPSA) is 63.7 Å². The molecule has 0 bridgehead atoms. The molecule has 0 spiro atoms. The zero-order chi connectivity index (χ0) is 19.3. The van der Waals surface area contributed by atoms with E-state index in [4.69, 9.17) is 9.47 Å². The summed E-state index contributed by atoms with van der Waals surface area (Å²) in [6.45, 7) is 3.22. The molecule has 0 saturated carbocycles. The van der Waals surface area contributed by atoms with E-state index in [1.807, 2.05) is 53.9 Å². The van der Waals surface area contributed by atoms with E-state index >= 15 is 0 Å². The maximum Gasteiger partial charge on any atom is 0.257 e. The van der Waals surface area contributed by atoms with Gasteiger partial charge in [-0.2, -0.15) is 0 Å². The molecule has 6 nitrogen and oxygen atoms in total. The van der Waals surface area contributed by atoms with Gasteiger partial charge in [0.1, 0.15) is 5.75 Å². The highest BCUT2D eigenvalue weighted by molar-refractivity contribution is 7.14. The van der Waals surface area contributed by atoms with Crippen LogP contribution >= 0.6 is 11.3 Å². The van der Waals surface area contributed by atoms with Crippen LogP contribution in [-0.2, 0) is 4.74 Å². The molecule has 1 aliphatic rings. The van der Waals surface area contributed by atoms with Gasteiger partial charge in [0.2, 0.25) is 0 Å². The number of hydrogen-bond acceptors (Lipinski definition) is 6. The van der Waals surface area contributed by atoms with E-state index in [0.29, 0.717) is 10.7 Å².